The number of amides is 1. The molecule has 1 aromatic carbocycles. The number of para-hydroxylation sites is 1. The number of rotatable bonds is 5. The van der Waals surface area contributed by atoms with Crippen LogP contribution in [0.2, 0.25) is 0 Å². The topological polar surface area (TPSA) is 126 Å². The SMILES string of the molecule is CC(=O)OC[C@H]1O[C@@H](ON(C(C)=O)c2ccccc2)[C@H](O)[C@@H](O)[C@@H]1O. The molecule has 0 spiro atoms. The first-order valence-electron chi connectivity index (χ1n) is 7.66. The molecule has 1 aliphatic heterocycles. The molecule has 1 fully saturated rings. The van der Waals surface area contributed by atoms with Crippen LogP contribution in [0.15, 0.2) is 30.3 Å². The summed E-state index contributed by atoms with van der Waals surface area (Å²) in [6.45, 7) is 2.09. The number of benzene rings is 1. The van der Waals surface area contributed by atoms with Crippen molar-refractivity contribution >= 4 is 17.6 Å². The van der Waals surface area contributed by atoms with Gasteiger partial charge in [0.25, 0.3) is 0 Å². The number of hydrogen-bond acceptors (Lipinski definition) is 8. The van der Waals surface area contributed by atoms with E-state index in [-0.39, 0.29) is 6.61 Å². The predicted molar refractivity (Wildman–Crippen MR) is 84.0 cm³/mol. The number of aliphatic hydroxyl groups excluding tert-OH is 3. The summed E-state index contributed by atoms with van der Waals surface area (Å²) in [7, 11) is 0. The van der Waals surface area contributed by atoms with Gasteiger partial charge in [-0.2, -0.15) is 5.06 Å². The van der Waals surface area contributed by atoms with Gasteiger partial charge in [-0.15, -0.1) is 0 Å². The second kappa shape index (κ2) is 8.37. The van der Waals surface area contributed by atoms with Crippen LogP contribution in [0.3, 0.4) is 0 Å². The third-order valence-electron chi connectivity index (χ3n) is 3.61. The molecule has 0 unspecified atom stereocenters. The smallest absolute Gasteiger partial charge is 0.302 e. The van der Waals surface area contributed by atoms with Gasteiger partial charge in [0, 0.05) is 13.8 Å². The van der Waals surface area contributed by atoms with Crippen LogP contribution in [0.5, 0.6) is 0 Å². The molecule has 1 amide bonds. The van der Waals surface area contributed by atoms with Crippen molar-refractivity contribution in [2.24, 2.45) is 0 Å². The fourth-order valence-corrected chi connectivity index (χ4v) is 2.32. The van der Waals surface area contributed by atoms with Crippen molar-refractivity contribution in [2.45, 2.75) is 44.6 Å². The first-order chi connectivity index (χ1) is 11.8. The lowest BCUT2D eigenvalue weighted by atomic mass is 9.99. The molecule has 138 valence electrons. The van der Waals surface area contributed by atoms with Gasteiger partial charge in [0.2, 0.25) is 12.2 Å². The number of aliphatic hydroxyl groups is 3. The predicted octanol–water partition coefficient (Wildman–Crippen LogP) is -0.658. The lowest BCUT2D eigenvalue weighted by Crippen LogP contribution is -2.60. The number of carbonyl (C=O) groups is 2. The monoisotopic (exact) mass is 355 g/mol. The summed E-state index contributed by atoms with van der Waals surface area (Å²) in [4.78, 5) is 28.2. The van der Waals surface area contributed by atoms with Crippen molar-refractivity contribution in [3.8, 4) is 0 Å². The summed E-state index contributed by atoms with van der Waals surface area (Å²) in [5, 5.41) is 30.9. The molecule has 5 atom stereocenters. The molecule has 2 rings (SSSR count). The molecule has 9 nitrogen and oxygen atoms in total. The average molecular weight is 355 g/mol. The van der Waals surface area contributed by atoms with Gasteiger partial charge in [0.15, 0.2) is 0 Å². The van der Waals surface area contributed by atoms with E-state index in [1.54, 1.807) is 30.3 Å². The maximum Gasteiger partial charge on any atom is 0.302 e. The molecular formula is C16H21NO8. The Bertz CT molecular complexity index is 595. The largest absolute Gasteiger partial charge is 0.463 e. The standard InChI is InChI=1S/C16H21NO8/c1-9(18)17(11-6-4-3-5-7-11)25-16-15(22)14(21)13(20)12(24-16)8-23-10(2)19/h3-7,12-16,20-22H,8H2,1-2H3/t12-,13-,14+,15-,16+/m1/s1. The maximum absolute atomic E-state index is 11.8. The molecule has 3 N–H and O–H groups in total. The van der Waals surface area contributed by atoms with Crippen molar-refractivity contribution in [3.05, 3.63) is 30.3 Å². The summed E-state index contributed by atoms with van der Waals surface area (Å²) in [5.74, 6) is -1.08. The van der Waals surface area contributed by atoms with Crippen LogP contribution in [0.1, 0.15) is 13.8 Å². The van der Waals surface area contributed by atoms with Crippen LogP contribution in [0, 0.1) is 0 Å². The lowest BCUT2D eigenvalue weighted by molar-refractivity contribution is -0.303. The number of nitrogens with zero attached hydrogens (tertiary/aromatic N) is 1. The Morgan fingerprint density at radius 1 is 1.08 bits per heavy atom. The van der Waals surface area contributed by atoms with Gasteiger partial charge in [0.1, 0.15) is 31.0 Å². The minimum absolute atomic E-state index is 0.342. The Morgan fingerprint density at radius 3 is 2.28 bits per heavy atom. The average Bonchev–Trinajstić information content (AvgIpc) is 2.58. The molecule has 0 radical (unpaired) electrons. The maximum atomic E-state index is 11.8. The fraction of sp³-hybridized carbons (Fsp3) is 0.500. The van der Waals surface area contributed by atoms with Crippen molar-refractivity contribution in [1.82, 2.24) is 0 Å². The number of hydrogen-bond donors (Lipinski definition) is 3. The number of ether oxygens (including phenoxy) is 2. The highest BCUT2D eigenvalue weighted by Crippen LogP contribution is 2.25. The highest BCUT2D eigenvalue weighted by molar-refractivity contribution is 5.89. The van der Waals surface area contributed by atoms with Crippen LogP contribution in [0.4, 0.5) is 5.69 Å². The molecule has 25 heavy (non-hydrogen) atoms. The summed E-state index contributed by atoms with van der Waals surface area (Å²) in [5.41, 5.74) is 0.392. The fourth-order valence-electron chi connectivity index (χ4n) is 2.32. The Morgan fingerprint density at radius 2 is 1.72 bits per heavy atom. The number of hydroxylamine groups is 1. The van der Waals surface area contributed by atoms with Gasteiger partial charge in [-0.3, -0.25) is 9.59 Å². The van der Waals surface area contributed by atoms with Crippen molar-refractivity contribution < 1.29 is 39.2 Å². The van der Waals surface area contributed by atoms with E-state index in [9.17, 15) is 24.9 Å². The van der Waals surface area contributed by atoms with E-state index in [4.69, 9.17) is 14.3 Å². The summed E-state index contributed by atoms with van der Waals surface area (Å²) in [6, 6.07) is 8.35. The first kappa shape index (κ1) is 19.3. The molecule has 1 heterocycles. The zero-order valence-electron chi connectivity index (χ0n) is 13.8. The first-order valence-corrected chi connectivity index (χ1v) is 7.66. The molecule has 1 saturated heterocycles. The summed E-state index contributed by atoms with van der Waals surface area (Å²) >= 11 is 0. The molecule has 0 aromatic heterocycles. The molecule has 0 saturated carbocycles. The van der Waals surface area contributed by atoms with Crippen LogP contribution >= 0.6 is 0 Å². The molecular weight excluding hydrogens is 334 g/mol. The number of anilines is 1. The summed E-state index contributed by atoms with van der Waals surface area (Å²) < 4.78 is 10.1. The van der Waals surface area contributed by atoms with E-state index in [0.717, 1.165) is 5.06 Å². The highest BCUT2D eigenvalue weighted by Gasteiger charge is 2.46. The normalized spacial score (nSPS) is 29.1. The zero-order chi connectivity index (χ0) is 18.6. The van der Waals surface area contributed by atoms with Gasteiger partial charge in [-0.05, 0) is 12.1 Å². The Kier molecular flexibility index (Phi) is 6.45. The third-order valence-corrected chi connectivity index (χ3v) is 3.61. The van der Waals surface area contributed by atoms with Crippen molar-refractivity contribution in [3.63, 3.8) is 0 Å². The van der Waals surface area contributed by atoms with E-state index in [2.05, 4.69) is 0 Å². The van der Waals surface area contributed by atoms with E-state index in [1.165, 1.54) is 13.8 Å². The Labute approximate surface area is 144 Å². The minimum Gasteiger partial charge on any atom is -0.463 e. The van der Waals surface area contributed by atoms with Crippen LogP contribution < -0.4 is 5.06 Å². The van der Waals surface area contributed by atoms with Crippen molar-refractivity contribution in [1.29, 1.82) is 0 Å². The molecule has 0 bridgehead atoms. The molecule has 0 aliphatic carbocycles. The Balaban J connectivity index is 2.14. The van der Waals surface area contributed by atoms with E-state index >= 15 is 0 Å². The van der Waals surface area contributed by atoms with Gasteiger partial charge in [-0.1, -0.05) is 18.2 Å². The van der Waals surface area contributed by atoms with Gasteiger partial charge < -0.3 is 24.8 Å². The van der Waals surface area contributed by atoms with Gasteiger partial charge >= 0.3 is 5.97 Å². The minimum atomic E-state index is -1.62. The Hall–Kier alpha value is -2.04. The van der Waals surface area contributed by atoms with Crippen LogP contribution in [-0.2, 0) is 23.9 Å². The summed E-state index contributed by atoms with van der Waals surface area (Å²) in [6.07, 6.45) is -7.30. The van der Waals surface area contributed by atoms with E-state index < -0.39 is 42.6 Å². The van der Waals surface area contributed by atoms with E-state index in [1.807, 2.05) is 0 Å². The molecule has 1 aliphatic rings. The molecule has 1 aromatic rings. The van der Waals surface area contributed by atoms with E-state index in [0.29, 0.717) is 5.69 Å². The number of carbonyl (C=O) groups excluding carboxylic acids is 2. The number of esters is 1. The lowest BCUT2D eigenvalue weighted by Gasteiger charge is -2.40. The van der Waals surface area contributed by atoms with Gasteiger partial charge in [-0.25, -0.2) is 4.84 Å². The quantitative estimate of drug-likeness (QED) is 0.470. The third kappa shape index (κ3) is 4.74. The van der Waals surface area contributed by atoms with Crippen LogP contribution in [0.25, 0.3) is 0 Å². The molecule has 9 heteroatoms. The second-order valence-corrected chi connectivity index (χ2v) is 5.57. The van der Waals surface area contributed by atoms with Crippen molar-refractivity contribution in [2.75, 3.05) is 11.7 Å². The second-order valence-electron chi connectivity index (χ2n) is 5.57. The van der Waals surface area contributed by atoms with Gasteiger partial charge in [0.05, 0.1) is 5.69 Å². The van der Waals surface area contributed by atoms with Crippen LogP contribution in [-0.4, -0.2) is 64.5 Å². The zero-order valence-corrected chi connectivity index (χ0v) is 13.8. The highest BCUT2D eigenvalue weighted by atomic mass is 16.8.